The number of piperazine rings is 1. The van der Waals surface area contributed by atoms with E-state index in [0.29, 0.717) is 5.41 Å². The maximum Gasteiger partial charge on any atom is 0.0642 e. The molecule has 5 heteroatoms. The second-order valence-electron chi connectivity index (χ2n) is 12.2. The van der Waals surface area contributed by atoms with E-state index in [0.717, 1.165) is 38.1 Å². The molecule has 1 spiro atoms. The Balaban J connectivity index is 0.00000289. The number of hydrogen-bond acceptors (Lipinski definition) is 4. The molecule has 35 heavy (non-hydrogen) atoms. The van der Waals surface area contributed by atoms with Gasteiger partial charge < -0.3 is 14.5 Å². The molecule has 0 aromatic heterocycles. The van der Waals surface area contributed by atoms with Crippen LogP contribution in [0.5, 0.6) is 0 Å². The molecule has 2 aliphatic heterocycles. The van der Waals surface area contributed by atoms with Crippen molar-refractivity contribution in [3.8, 4) is 0 Å². The number of rotatable bonds is 6. The molecular weight excluding hydrogens is 454 g/mol. The van der Waals surface area contributed by atoms with Crippen LogP contribution in [0.25, 0.3) is 0 Å². The number of halogens is 1. The Morgan fingerprint density at radius 2 is 1.54 bits per heavy atom. The summed E-state index contributed by atoms with van der Waals surface area (Å²) in [6, 6.07) is 7.48. The molecule has 198 valence electrons. The van der Waals surface area contributed by atoms with Crippen LogP contribution in [0, 0.1) is 11.3 Å². The topological polar surface area (TPSA) is 19.0 Å². The SMILES string of the molecule is CC(C)CCN1CCN(c2ccc(N3CCOCC3)cc2C2CCC3(CCCCC3)CC2)CC1.Cl. The van der Waals surface area contributed by atoms with Crippen molar-refractivity contribution >= 4 is 23.8 Å². The summed E-state index contributed by atoms with van der Waals surface area (Å²) < 4.78 is 5.64. The van der Waals surface area contributed by atoms with E-state index >= 15 is 0 Å². The molecule has 1 aromatic rings. The largest absolute Gasteiger partial charge is 0.378 e. The summed E-state index contributed by atoms with van der Waals surface area (Å²) in [4.78, 5) is 7.95. The minimum Gasteiger partial charge on any atom is -0.378 e. The molecule has 0 amide bonds. The first-order chi connectivity index (χ1) is 16.6. The van der Waals surface area contributed by atoms with Gasteiger partial charge >= 0.3 is 0 Å². The molecule has 4 aliphatic rings. The average molecular weight is 504 g/mol. The molecule has 2 heterocycles. The summed E-state index contributed by atoms with van der Waals surface area (Å²) in [5.41, 5.74) is 5.32. The molecule has 0 radical (unpaired) electrons. The smallest absolute Gasteiger partial charge is 0.0642 e. The number of hydrogen-bond donors (Lipinski definition) is 0. The highest BCUT2D eigenvalue weighted by Crippen LogP contribution is 2.52. The summed E-state index contributed by atoms with van der Waals surface area (Å²) in [6.45, 7) is 14.5. The van der Waals surface area contributed by atoms with E-state index in [1.165, 1.54) is 103 Å². The van der Waals surface area contributed by atoms with Gasteiger partial charge in [-0.2, -0.15) is 0 Å². The molecule has 4 fully saturated rings. The molecule has 1 aromatic carbocycles. The Kier molecular flexibility index (Phi) is 9.68. The first kappa shape index (κ1) is 27.1. The predicted octanol–water partition coefficient (Wildman–Crippen LogP) is 6.72. The van der Waals surface area contributed by atoms with Crippen molar-refractivity contribution < 1.29 is 4.74 Å². The predicted molar refractivity (Wildman–Crippen MR) is 152 cm³/mol. The first-order valence-electron chi connectivity index (χ1n) is 14.6. The van der Waals surface area contributed by atoms with Gasteiger partial charge in [0.1, 0.15) is 0 Å². The molecule has 5 rings (SSSR count). The van der Waals surface area contributed by atoms with Crippen LogP contribution < -0.4 is 9.80 Å². The third-order valence-electron chi connectivity index (χ3n) is 9.52. The van der Waals surface area contributed by atoms with E-state index in [2.05, 4.69) is 46.7 Å². The molecular formula is C30H50ClN3O. The Hall–Kier alpha value is -0.970. The van der Waals surface area contributed by atoms with Gasteiger partial charge in [0.25, 0.3) is 0 Å². The van der Waals surface area contributed by atoms with Gasteiger partial charge in [-0.1, -0.05) is 33.1 Å². The number of nitrogens with zero attached hydrogens (tertiary/aromatic N) is 3. The molecule has 0 atom stereocenters. The van der Waals surface area contributed by atoms with E-state index in [4.69, 9.17) is 4.74 Å². The summed E-state index contributed by atoms with van der Waals surface area (Å²) in [5.74, 6) is 1.54. The average Bonchev–Trinajstić information content (AvgIpc) is 2.89. The van der Waals surface area contributed by atoms with Crippen LogP contribution >= 0.6 is 12.4 Å². The van der Waals surface area contributed by atoms with Crippen LogP contribution in [0.2, 0.25) is 0 Å². The zero-order chi connectivity index (χ0) is 23.4. The van der Waals surface area contributed by atoms with Gasteiger partial charge in [-0.3, -0.25) is 4.90 Å². The van der Waals surface area contributed by atoms with Gasteiger partial charge in [-0.25, -0.2) is 0 Å². The van der Waals surface area contributed by atoms with Gasteiger partial charge in [0, 0.05) is 50.6 Å². The van der Waals surface area contributed by atoms with E-state index in [9.17, 15) is 0 Å². The second kappa shape index (κ2) is 12.5. The minimum atomic E-state index is 0. The Morgan fingerprint density at radius 1 is 0.857 bits per heavy atom. The van der Waals surface area contributed by atoms with Crippen molar-refractivity contribution in [1.82, 2.24) is 4.90 Å². The molecule has 2 aliphatic carbocycles. The zero-order valence-electron chi connectivity index (χ0n) is 22.5. The Morgan fingerprint density at radius 3 is 2.20 bits per heavy atom. The van der Waals surface area contributed by atoms with E-state index in [-0.39, 0.29) is 12.4 Å². The number of anilines is 2. The Bertz CT molecular complexity index is 770. The third-order valence-corrected chi connectivity index (χ3v) is 9.52. The van der Waals surface area contributed by atoms with Crippen LogP contribution in [0.3, 0.4) is 0 Å². The lowest BCUT2D eigenvalue weighted by Crippen LogP contribution is -2.47. The van der Waals surface area contributed by atoms with E-state index < -0.39 is 0 Å². The maximum atomic E-state index is 5.64. The molecule has 0 unspecified atom stereocenters. The standard InChI is InChI=1S/C30H49N3O.ClH/c1-25(2)10-15-31-16-18-33(19-17-31)29-7-6-27(32-20-22-34-23-21-32)24-28(29)26-8-13-30(14-9-26)11-4-3-5-12-30;/h6-7,24-26H,3-5,8-23H2,1-2H3;1H. The molecule has 0 N–H and O–H groups in total. The van der Waals surface area contributed by atoms with Gasteiger partial charge in [0.2, 0.25) is 0 Å². The quantitative estimate of drug-likeness (QED) is 0.428. The highest BCUT2D eigenvalue weighted by atomic mass is 35.5. The van der Waals surface area contributed by atoms with E-state index in [1.807, 2.05) is 0 Å². The minimum absolute atomic E-state index is 0. The fraction of sp³-hybridized carbons (Fsp3) is 0.800. The Labute approximate surface area is 221 Å². The molecule has 2 saturated carbocycles. The van der Waals surface area contributed by atoms with Gasteiger partial charge in [-0.05, 0) is 92.5 Å². The van der Waals surface area contributed by atoms with Crippen molar-refractivity contribution in [2.24, 2.45) is 11.3 Å². The van der Waals surface area contributed by atoms with Crippen molar-refractivity contribution in [2.75, 3.05) is 68.8 Å². The zero-order valence-corrected chi connectivity index (χ0v) is 23.3. The van der Waals surface area contributed by atoms with Gasteiger partial charge in [0.05, 0.1) is 13.2 Å². The van der Waals surface area contributed by atoms with Crippen molar-refractivity contribution in [1.29, 1.82) is 0 Å². The van der Waals surface area contributed by atoms with Crippen LogP contribution in [-0.4, -0.2) is 63.9 Å². The fourth-order valence-electron chi connectivity index (χ4n) is 7.17. The third kappa shape index (κ3) is 6.67. The van der Waals surface area contributed by atoms with Gasteiger partial charge in [0.15, 0.2) is 0 Å². The highest BCUT2D eigenvalue weighted by Gasteiger charge is 2.37. The lowest BCUT2D eigenvalue weighted by Gasteiger charge is -2.44. The summed E-state index contributed by atoms with van der Waals surface area (Å²) in [6.07, 6.45) is 14.5. The van der Waals surface area contributed by atoms with Crippen molar-refractivity contribution in [3.63, 3.8) is 0 Å². The summed E-state index contributed by atoms with van der Waals surface area (Å²) in [7, 11) is 0. The lowest BCUT2D eigenvalue weighted by atomic mass is 9.62. The lowest BCUT2D eigenvalue weighted by molar-refractivity contribution is 0.114. The van der Waals surface area contributed by atoms with Crippen molar-refractivity contribution in [2.45, 2.75) is 84.0 Å². The summed E-state index contributed by atoms with van der Waals surface area (Å²) >= 11 is 0. The highest BCUT2D eigenvalue weighted by molar-refractivity contribution is 5.85. The number of ether oxygens (including phenoxy) is 1. The summed E-state index contributed by atoms with van der Waals surface area (Å²) in [5, 5.41) is 0. The maximum absolute atomic E-state index is 5.64. The molecule has 4 nitrogen and oxygen atoms in total. The van der Waals surface area contributed by atoms with Crippen LogP contribution in [-0.2, 0) is 4.74 Å². The number of benzene rings is 1. The van der Waals surface area contributed by atoms with Crippen LogP contribution in [0.4, 0.5) is 11.4 Å². The fourth-order valence-corrected chi connectivity index (χ4v) is 7.17. The monoisotopic (exact) mass is 503 g/mol. The molecule has 0 bridgehead atoms. The van der Waals surface area contributed by atoms with Crippen LogP contribution in [0.1, 0.15) is 89.5 Å². The molecule has 2 saturated heterocycles. The van der Waals surface area contributed by atoms with Crippen LogP contribution in [0.15, 0.2) is 18.2 Å². The normalized spacial score (nSPS) is 24.1. The first-order valence-corrected chi connectivity index (χ1v) is 14.6. The van der Waals surface area contributed by atoms with E-state index in [1.54, 1.807) is 11.3 Å². The number of morpholine rings is 1. The second-order valence-corrected chi connectivity index (χ2v) is 12.2. The van der Waals surface area contributed by atoms with Crippen molar-refractivity contribution in [3.05, 3.63) is 23.8 Å². The van der Waals surface area contributed by atoms with Gasteiger partial charge in [-0.15, -0.1) is 12.4 Å².